The predicted octanol–water partition coefficient (Wildman–Crippen LogP) is 3.40. The van der Waals surface area contributed by atoms with Gasteiger partial charge in [-0.15, -0.1) is 0 Å². The summed E-state index contributed by atoms with van der Waals surface area (Å²) in [6.07, 6.45) is 10.3. The first-order valence-corrected chi connectivity index (χ1v) is 6.74. The minimum atomic E-state index is 0.329. The average molecular weight is 227 g/mol. The van der Waals surface area contributed by atoms with E-state index in [1.54, 1.807) is 0 Å². The van der Waals surface area contributed by atoms with Crippen LogP contribution in [0.3, 0.4) is 0 Å². The number of amidine groups is 1. The first-order chi connectivity index (χ1) is 7.70. The molecule has 0 saturated carbocycles. The van der Waals surface area contributed by atoms with Gasteiger partial charge in [0.1, 0.15) is 5.84 Å². The molecule has 3 nitrogen and oxygen atoms in total. The number of hydrazine groups is 1. The van der Waals surface area contributed by atoms with Gasteiger partial charge < -0.3 is 5.43 Å². The third-order valence-corrected chi connectivity index (χ3v) is 2.60. The molecule has 0 atom stereocenters. The molecule has 0 saturated heterocycles. The third-order valence-electron chi connectivity index (χ3n) is 2.60. The van der Waals surface area contributed by atoms with E-state index in [0.29, 0.717) is 6.04 Å². The largest absolute Gasteiger partial charge is 0.312 e. The van der Waals surface area contributed by atoms with Crippen molar-refractivity contribution >= 4 is 5.84 Å². The summed E-state index contributed by atoms with van der Waals surface area (Å²) in [7, 11) is 0. The van der Waals surface area contributed by atoms with Crippen LogP contribution in [-0.2, 0) is 0 Å². The van der Waals surface area contributed by atoms with Crippen LogP contribution in [-0.4, -0.2) is 11.9 Å². The van der Waals surface area contributed by atoms with E-state index in [2.05, 4.69) is 31.2 Å². The first-order valence-electron chi connectivity index (χ1n) is 6.74. The standard InChI is InChI=1S/C13H29N3/c1-4-5-6-7-8-9-10-11-13(16-14)15-12(2)3/h12H,4-11,14H2,1-3H3,(H,15,16). The smallest absolute Gasteiger partial charge is 0.111 e. The van der Waals surface area contributed by atoms with Crippen LogP contribution in [0.5, 0.6) is 0 Å². The second-order valence-electron chi connectivity index (χ2n) is 4.69. The number of nitrogens with one attached hydrogen (secondary N) is 1. The van der Waals surface area contributed by atoms with Crippen molar-refractivity contribution in [1.29, 1.82) is 0 Å². The number of unbranched alkanes of at least 4 members (excludes halogenated alkanes) is 6. The molecule has 0 spiro atoms. The van der Waals surface area contributed by atoms with Crippen LogP contribution < -0.4 is 11.3 Å². The minimum absolute atomic E-state index is 0.329. The molecule has 0 aliphatic rings. The number of nitrogens with zero attached hydrogens (tertiary/aromatic N) is 1. The van der Waals surface area contributed by atoms with Gasteiger partial charge in [0.25, 0.3) is 0 Å². The van der Waals surface area contributed by atoms with Gasteiger partial charge in [0.15, 0.2) is 0 Å². The zero-order valence-corrected chi connectivity index (χ0v) is 11.3. The summed E-state index contributed by atoms with van der Waals surface area (Å²) in [5.41, 5.74) is 2.69. The second kappa shape index (κ2) is 10.9. The maximum absolute atomic E-state index is 5.42. The van der Waals surface area contributed by atoms with Gasteiger partial charge in [0.2, 0.25) is 0 Å². The van der Waals surface area contributed by atoms with Crippen molar-refractivity contribution in [2.75, 3.05) is 0 Å². The van der Waals surface area contributed by atoms with Crippen molar-refractivity contribution in [1.82, 2.24) is 5.43 Å². The minimum Gasteiger partial charge on any atom is -0.312 e. The molecular formula is C13H29N3. The molecule has 0 aromatic rings. The van der Waals surface area contributed by atoms with Crippen LogP contribution in [0.2, 0.25) is 0 Å². The molecular weight excluding hydrogens is 198 g/mol. The van der Waals surface area contributed by atoms with Crippen molar-refractivity contribution < 1.29 is 0 Å². The molecule has 0 unspecified atom stereocenters. The lowest BCUT2D eigenvalue weighted by Crippen LogP contribution is -2.31. The summed E-state index contributed by atoms with van der Waals surface area (Å²) in [4.78, 5) is 4.42. The predicted molar refractivity (Wildman–Crippen MR) is 72.5 cm³/mol. The van der Waals surface area contributed by atoms with Gasteiger partial charge in [-0.1, -0.05) is 45.4 Å². The Morgan fingerprint density at radius 2 is 1.62 bits per heavy atom. The SMILES string of the molecule is CCCCCCCCCC(=NC(C)C)NN. The van der Waals surface area contributed by atoms with Gasteiger partial charge in [0.05, 0.1) is 0 Å². The van der Waals surface area contributed by atoms with Gasteiger partial charge in [-0.3, -0.25) is 4.99 Å². The second-order valence-corrected chi connectivity index (χ2v) is 4.69. The fourth-order valence-electron chi connectivity index (χ4n) is 1.74. The van der Waals surface area contributed by atoms with E-state index in [1.165, 1.54) is 44.9 Å². The molecule has 0 aromatic carbocycles. The van der Waals surface area contributed by atoms with Crippen LogP contribution in [0.4, 0.5) is 0 Å². The lowest BCUT2D eigenvalue weighted by atomic mass is 10.1. The van der Waals surface area contributed by atoms with E-state index in [-0.39, 0.29) is 0 Å². The highest BCUT2D eigenvalue weighted by atomic mass is 15.2. The van der Waals surface area contributed by atoms with E-state index >= 15 is 0 Å². The third kappa shape index (κ3) is 9.97. The maximum Gasteiger partial charge on any atom is 0.111 e. The molecule has 96 valence electrons. The molecule has 16 heavy (non-hydrogen) atoms. The zero-order chi connectivity index (χ0) is 12.2. The van der Waals surface area contributed by atoms with Gasteiger partial charge >= 0.3 is 0 Å². The number of nitrogens with two attached hydrogens (primary N) is 1. The molecule has 0 amide bonds. The van der Waals surface area contributed by atoms with Crippen molar-refractivity contribution in [3.63, 3.8) is 0 Å². The topological polar surface area (TPSA) is 50.4 Å². The number of hydrogen-bond acceptors (Lipinski definition) is 2. The van der Waals surface area contributed by atoms with Crippen molar-refractivity contribution in [2.45, 2.75) is 78.2 Å². The Bertz CT molecular complexity index is 176. The fraction of sp³-hybridized carbons (Fsp3) is 0.923. The van der Waals surface area contributed by atoms with E-state index in [0.717, 1.165) is 12.3 Å². The van der Waals surface area contributed by atoms with Crippen LogP contribution >= 0.6 is 0 Å². The molecule has 0 radical (unpaired) electrons. The van der Waals surface area contributed by atoms with E-state index in [1.807, 2.05) is 0 Å². The Labute approximate surface area is 101 Å². The monoisotopic (exact) mass is 227 g/mol. The Balaban J connectivity index is 3.42. The quantitative estimate of drug-likeness (QED) is 0.208. The highest BCUT2D eigenvalue weighted by Crippen LogP contribution is 2.08. The molecule has 3 heteroatoms. The molecule has 0 aliphatic heterocycles. The fourth-order valence-corrected chi connectivity index (χ4v) is 1.74. The molecule has 0 aliphatic carbocycles. The summed E-state index contributed by atoms with van der Waals surface area (Å²) < 4.78 is 0. The summed E-state index contributed by atoms with van der Waals surface area (Å²) in [5.74, 6) is 6.37. The van der Waals surface area contributed by atoms with E-state index < -0.39 is 0 Å². The average Bonchev–Trinajstić information content (AvgIpc) is 2.25. The Morgan fingerprint density at radius 1 is 1.06 bits per heavy atom. The van der Waals surface area contributed by atoms with E-state index in [9.17, 15) is 0 Å². The maximum atomic E-state index is 5.42. The van der Waals surface area contributed by atoms with Gasteiger partial charge in [-0.25, -0.2) is 5.84 Å². The Kier molecular flexibility index (Phi) is 10.5. The van der Waals surface area contributed by atoms with Crippen LogP contribution in [0.15, 0.2) is 4.99 Å². The molecule has 0 fully saturated rings. The van der Waals surface area contributed by atoms with Gasteiger partial charge in [0, 0.05) is 12.5 Å². The number of aliphatic imine (C=N–C) groups is 1. The zero-order valence-electron chi connectivity index (χ0n) is 11.3. The molecule has 0 rings (SSSR count). The summed E-state index contributed by atoms with van der Waals surface area (Å²) >= 11 is 0. The lowest BCUT2D eigenvalue weighted by molar-refractivity contribution is 0.593. The summed E-state index contributed by atoms with van der Waals surface area (Å²) in [6.45, 7) is 6.39. The van der Waals surface area contributed by atoms with Crippen LogP contribution in [0.1, 0.15) is 72.1 Å². The first kappa shape index (κ1) is 15.4. The molecule has 0 aromatic heterocycles. The highest BCUT2D eigenvalue weighted by molar-refractivity contribution is 5.81. The summed E-state index contributed by atoms with van der Waals surface area (Å²) in [6, 6.07) is 0.329. The van der Waals surface area contributed by atoms with Crippen LogP contribution in [0.25, 0.3) is 0 Å². The number of rotatable bonds is 9. The van der Waals surface area contributed by atoms with Crippen molar-refractivity contribution in [2.24, 2.45) is 10.8 Å². The molecule has 3 N–H and O–H groups in total. The van der Waals surface area contributed by atoms with Gasteiger partial charge in [-0.2, -0.15) is 0 Å². The molecule has 0 heterocycles. The highest BCUT2D eigenvalue weighted by Gasteiger charge is 1.98. The van der Waals surface area contributed by atoms with E-state index in [4.69, 9.17) is 5.84 Å². The van der Waals surface area contributed by atoms with Gasteiger partial charge in [-0.05, 0) is 20.3 Å². The Morgan fingerprint density at radius 3 is 2.12 bits per heavy atom. The summed E-state index contributed by atoms with van der Waals surface area (Å²) in [5, 5.41) is 0. The molecule has 0 bridgehead atoms. The lowest BCUT2D eigenvalue weighted by Gasteiger charge is -2.07. The van der Waals surface area contributed by atoms with Crippen molar-refractivity contribution in [3.05, 3.63) is 0 Å². The van der Waals surface area contributed by atoms with Crippen LogP contribution in [0, 0.1) is 0 Å². The normalized spacial score (nSPS) is 12.2. The number of hydrogen-bond donors (Lipinski definition) is 2. The van der Waals surface area contributed by atoms with Crippen molar-refractivity contribution in [3.8, 4) is 0 Å². The Hall–Kier alpha value is -0.570.